The molecule has 1 rings (SSSR count). The molecule has 2 N–H and O–H groups in total. The average Bonchev–Trinajstić information content (AvgIpc) is 2.57. The Morgan fingerprint density at radius 2 is 2.17 bits per heavy atom. The van der Waals surface area contributed by atoms with Crippen molar-refractivity contribution in [2.75, 3.05) is 33.0 Å². The number of unbranched alkanes of at least 4 members (excludes halogenated alkanes) is 1. The molecule has 0 aliphatic carbocycles. The van der Waals surface area contributed by atoms with E-state index in [-0.39, 0.29) is 12.7 Å². The summed E-state index contributed by atoms with van der Waals surface area (Å²) in [6, 6.07) is -0.537. The van der Waals surface area contributed by atoms with E-state index in [1.807, 2.05) is 7.05 Å². The molecule has 3 atom stereocenters. The van der Waals surface area contributed by atoms with E-state index >= 15 is 0 Å². The number of ether oxygens (including phenoxy) is 1. The van der Waals surface area contributed by atoms with Crippen LogP contribution in [0.5, 0.6) is 0 Å². The molecule has 1 heterocycles. The maximum absolute atomic E-state index is 11.1. The molecule has 0 spiro atoms. The van der Waals surface area contributed by atoms with Crippen LogP contribution < -0.4 is 4.72 Å². The summed E-state index contributed by atoms with van der Waals surface area (Å²) in [5.41, 5.74) is 0. The Morgan fingerprint density at radius 3 is 2.72 bits per heavy atom. The van der Waals surface area contributed by atoms with Crippen LogP contribution in [0.25, 0.3) is 0 Å². The quantitative estimate of drug-likeness (QED) is 0.651. The smallest absolute Gasteiger partial charge is 0.209 e. The zero-order valence-electron chi connectivity index (χ0n) is 11.3. The van der Waals surface area contributed by atoms with Gasteiger partial charge >= 0.3 is 0 Å². The predicted octanol–water partition coefficient (Wildman–Crippen LogP) is -0.604. The minimum absolute atomic E-state index is 0.223. The van der Waals surface area contributed by atoms with Crippen LogP contribution in [0.1, 0.15) is 19.8 Å². The van der Waals surface area contributed by atoms with Gasteiger partial charge in [0.1, 0.15) is 0 Å². The van der Waals surface area contributed by atoms with Crippen LogP contribution >= 0.6 is 0 Å². The monoisotopic (exact) mass is 280 g/mol. The molecule has 0 amide bonds. The lowest BCUT2D eigenvalue weighted by atomic mass is 10.1. The minimum Gasteiger partial charge on any atom is -0.389 e. The Labute approximate surface area is 109 Å². The fraction of sp³-hybridized carbons (Fsp3) is 1.00. The van der Waals surface area contributed by atoms with Gasteiger partial charge in [-0.05, 0) is 20.0 Å². The van der Waals surface area contributed by atoms with E-state index in [9.17, 15) is 13.5 Å². The summed E-state index contributed by atoms with van der Waals surface area (Å²) < 4.78 is 30.1. The largest absolute Gasteiger partial charge is 0.389 e. The Balaban J connectivity index is 2.42. The van der Waals surface area contributed by atoms with Crippen LogP contribution in [0, 0.1) is 0 Å². The van der Waals surface area contributed by atoms with Crippen LogP contribution in [0.3, 0.4) is 0 Å². The molecule has 0 aromatic rings. The van der Waals surface area contributed by atoms with Crippen molar-refractivity contribution in [3.8, 4) is 0 Å². The number of hydrogen-bond acceptors (Lipinski definition) is 5. The summed E-state index contributed by atoms with van der Waals surface area (Å²) in [6.07, 6.45) is 2.19. The lowest BCUT2D eigenvalue weighted by Gasteiger charge is -2.23. The summed E-state index contributed by atoms with van der Waals surface area (Å²) in [4.78, 5) is 2.10. The summed E-state index contributed by atoms with van der Waals surface area (Å²) in [7, 11) is -1.33. The molecule has 3 unspecified atom stereocenters. The number of nitrogens with zero attached hydrogens (tertiary/aromatic N) is 1. The van der Waals surface area contributed by atoms with E-state index in [0.29, 0.717) is 6.54 Å². The molecular weight excluding hydrogens is 256 g/mol. The second-order valence-corrected chi connectivity index (χ2v) is 6.75. The van der Waals surface area contributed by atoms with E-state index in [4.69, 9.17) is 4.74 Å². The summed E-state index contributed by atoms with van der Waals surface area (Å²) in [5, 5.41) is 10.0. The number of hydrogen-bond donors (Lipinski definition) is 2. The summed E-state index contributed by atoms with van der Waals surface area (Å²) in [6.45, 7) is 3.91. The van der Waals surface area contributed by atoms with Crippen molar-refractivity contribution in [1.29, 1.82) is 0 Å². The van der Waals surface area contributed by atoms with Crippen LogP contribution in [0.4, 0.5) is 0 Å². The molecule has 1 aliphatic rings. The average molecular weight is 280 g/mol. The van der Waals surface area contributed by atoms with Gasteiger partial charge in [0.05, 0.1) is 31.1 Å². The second-order valence-electron chi connectivity index (χ2n) is 4.97. The van der Waals surface area contributed by atoms with Gasteiger partial charge < -0.3 is 14.7 Å². The van der Waals surface area contributed by atoms with Crippen molar-refractivity contribution in [1.82, 2.24) is 9.62 Å². The number of aliphatic hydroxyl groups is 1. The van der Waals surface area contributed by atoms with Crippen LogP contribution in [0.2, 0.25) is 0 Å². The second kappa shape index (κ2) is 6.81. The van der Waals surface area contributed by atoms with Crippen molar-refractivity contribution in [2.24, 2.45) is 0 Å². The van der Waals surface area contributed by atoms with E-state index in [0.717, 1.165) is 25.6 Å². The van der Waals surface area contributed by atoms with E-state index in [1.165, 1.54) is 0 Å². The molecule has 108 valence electrons. The molecule has 7 heteroatoms. The number of aliphatic hydroxyl groups excluding tert-OH is 1. The lowest BCUT2D eigenvalue weighted by Crippen LogP contribution is -2.46. The van der Waals surface area contributed by atoms with Crippen molar-refractivity contribution in [3.63, 3.8) is 0 Å². The fourth-order valence-corrected chi connectivity index (χ4v) is 2.81. The Hall–Kier alpha value is -0.210. The van der Waals surface area contributed by atoms with Gasteiger partial charge in [-0.2, -0.15) is 0 Å². The highest BCUT2D eigenvalue weighted by Crippen LogP contribution is 2.16. The normalized spacial score (nSPS) is 29.1. The van der Waals surface area contributed by atoms with Gasteiger partial charge in [-0.15, -0.1) is 0 Å². The third-order valence-electron chi connectivity index (χ3n) is 3.03. The first-order valence-electron chi connectivity index (χ1n) is 6.29. The Morgan fingerprint density at radius 1 is 1.50 bits per heavy atom. The summed E-state index contributed by atoms with van der Waals surface area (Å²) in [5.74, 6) is 0. The molecule has 1 aliphatic heterocycles. The van der Waals surface area contributed by atoms with Gasteiger partial charge in [0.15, 0.2) is 0 Å². The molecule has 18 heavy (non-hydrogen) atoms. The number of likely N-dealkylation sites (N-methyl/N-ethyl adjacent to an activating group) is 1. The maximum Gasteiger partial charge on any atom is 0.209 e. The lowest BCUT2D eigenvalue weighted by molar-refractivity contribution is 0.0203. The van der Waals surface area contributed by atoms with E-state index in [1.54, 1.807) is 0 Å². The molecule has 0 bridgehead atoms. The molecule has 0 aromatic heterocycles. The third-order valence-corrected chi connectivity index (χ3v) is 3.76. The molecule has 0 saturated carbocycles. The molecular formula is C11H24N2O4S. The summed E-state index contributed by atoms with van der Waals surface area (Å²) >= 11 is 0. The van der Waals surface area contributed by atoms with Crippen LogP contribution in [0.15, 0.2) is 0 Å². The number of sulfonamides is 1. The molecule has 0 aromatic carbocycles. The van der Waals surface area contributed by atoms with Gasteiger partial charge in [-0.3, -0.25) is 0 Å². The van der Waals surface area contributed by atoms with Gasteiger partial charge in [-0.25, -0.2) is 13.1 Å². The van der Waals surface area contributed by atoms with Crippen molar-refractivity contribution >= 4 is 10.0 Å². The third kappa shape index (κ3) is 5.19. The highest BCUT2D eigenvalue weighted by molar-refractivity contribution is 7.88. The predicted molar refractivity (Wildman–Crippen MR) is 69.9 cm³/mol. The first-order valence-corrected chi connectivity index (χ1v) is 8.18. The zero-order chi connectivity index (χ0) is 13.8. The Bertz CT molecular complexity index is 347. The van der Waals surface area contributed by atoms with E-state index in [2.05, 4.69) is 16.5 Å². The highest BCUT2D eigenvalue weighted by atomic mass is 32.2. The molecule has 6 nitrogen and oxygen atoms in total. The van der Waals surface area contributed by atoms with Crippen molar-refractivity contribution in [3.05, 3.63) is 0 Å². The van der Waals surface area contributed by atoms with Gasteiger partial charge in [0.2, 0.25) is 10.0 Å². The highest BCUT2D eigenvalue weighted by Gasteiger charge is 2.37. The minimum atomic E-state index is -3.31. The van der Waals surface area contributed by atoms with Gasteiger partial charge in [0.25, 0.3) is 0 Å². The van der Waals surface area contributed by atoms with Crippen LogP contribution in [-0.4, -0.2) is 69.7 Å². The maximum atomic E-state index is 11.1. The Kier molecular flexibility index (Phi) is 6.00. The fourth-order valence-electron chi connectivity index (χ4n) is 2.05. The topological polar surface area (TPSA) is 78.9 Å². The zero-order valence-corrected chi connectivity index (χ0v) is 12.1. The van der Waals surface area contributed by atoms with Crippen molar-refractivity contribution < 1.29 is 18.3 Å². The molecule has 1 fully saturated rings. The van der Waals surface area contributed by atoms with Crippen LogP contribution in [-0.2, 0) is 14.8 Å². The standard InChI is InChI=1S/C11H24N2O4S/c1-4-5-6-13(2)7-10-11(14)9(8-17-10)12-18(3,15)16/h9-12,14H,4-8H2,1-3H3. The first kappa shape index (κ1) is 15.8. The number of rotatable bonds is 7. The van der Waals surface area contributed by atoms with Gasteiger partial charge in [0, 0.05) is 6.54 Å². The SMILES string of the molecule is CCCCN(C)CC1OCC(NS(C)(=O)=O)C1O. The van der Waals surface area contributed by atoms with E-state index < -0.39 is 22.2 Å². The molecule has 0 radical (unpaired) electrons. The van der Waals surface area contributed by atoms with Crippen molar-refractivity contribution in [2.45, 2.75) is 38.0 Å². The first-order chi connectivity index (χ1) is 8.33. The van der Waals surface area contributed by atoms with Gasteiger partial charge in [-0.1, -0.05) is 13.3 Å². The number of nitrogens with one attached hydrogen (secondary N) is 1. The molecule has 1 saturated heterocycles.